The van der Waals surface area contributed by atoms with E-state index in [1.165, 1.54) is 12.1 Å². The predicted molar refractivity (Wildman–Crippen MR) is 73.8 cm³/mol. The van der Waals surface area contributed by atoms with Gasteiger partial charge in [0.1, 0.15) is 5.82 Å². The van der Waals surface area contributed by atoms with Crippen molar-refractivity contribution in [3.8, 4) is 0 Å². The van der Waals surface area contributed by atoms with Crippen LogP contribution in [-0.4, -0.2) is 43.8 Å². The van der Waals surface area contributed by atoms with Crippen LogP contribution < -0.4 is 0 Å². The summed E-state index contributed by atoms with van der Waals surface area (Å²) in [6.45, 7) is 1.00. The zero-order chi connectivity index (χ0) is 14.8. The number of hydrogen-bond acceptors (Lipinski definition) is 5. The minimum Gasteiger partial charge on any atom is -0.387 e. The molecule has 0 aliphatic heterocycles. The molecule has 0 unspecified atom stereocenters. The number of halogens is 1. The zero-order valence-electron chi connectivity index (χ0n) is 11.9. The summed E-state index contributed by atoms with van der Waals surface area (Å²) in [6.07, 6.45) is 1.58. The van der Waals surface area contributed by atoms with Gasteiger partial charge in [0.25, 0.3) is 0 Å². The van der Waals surface area contributed by atoms with Crippen molar-refractivity contribution in [3.05, 3.63) is 41.5 Å². The monoisotopic (exact) mass is 291 g/mol. The molecule has 1 aromatic carbocycles. The van der Waals surface area contributed by atoms with Crippen LogP contribution in [0, 0.1) is 5.82 Å². The smallest absolute Gasteiger partial charge is 0.165 e. The van der Waals surface area contributed by atoms with Crippen molar-refractivity contribution in [2.45, 2.75) is 31.5 Å². The number of nitrogens with zero attached hydrogens (tertiary/aromatic N) is 5. The molecular weight excluding hydrogens is 273 g/mol. The Kier molecular flexibility index (Phi) is 3.94. The fourth-order valence-electron chi connectivity index (χ4n) is 2.31. The van der Waals surface area contributed by atoms with Gasteiger partial charge in [0, 0.05) is 6.54 Å². The maximum absolute atomic E-state index is 12.9. The Morgan fingerprint density at radius 3 is 2.76 bits per heavy atom. The molecule has 1 N–H and O–H groups in total. The van der Waals surface area contributed by atoms with E-state index in [0.29, 0.717) is 24.7 Å². The summed E-state index contributed by atoms with van der Waals surface area (Å²) in [5.41, 5.74) is 0.699. The molecular formula is C14H18FN5O. The summed E-state index contributed by atoms with van der Waals surface area (Å²) in [5.74, 6) is 0.509. The van der Waals surface area contributed by atoms with E-state index in [-0.39, 0.29) is 5.82 Å². The predicted octanol–water partition coefficient (Wildman–Crippen LogP) is 1.31. The quantitative estimate of drug-likeness (QED) is 0.869. The van der Waals surface area contributed by atoms with E-state index < -0.39 is 6.10 Å². The van der Waals surface area contributed by atoms with Crippen molar-refractivity contribution in [2.24, 2.45) is 0 Å². The van der Waals surface area contributed by atoms with Crippen molar-refractivity contribution in [3.63, 3.8) is 0 Å². The molecule has 1 atom stereocenters. The Labute approximate surface area is 122 Å². The summed E-state index contributed by atoms with van der Waals surface area (Å²) in [4.78, 5) is 1.96. The Balaban J connectivity index is 1.59. The molecule has 112 valence electrons. The normalized spacial score (nSPS) is 16.4. The van der Waals surface area contributed by atoms with Crippen molar-refractivity contribution in [2.75, 3.05) is 13.6 Å². The summed E-state index contributed by atoms with van der Waals surface area (Å²) < 4.78 is 14.7. The lowest BCUT2D eigenvalue weighted by molar-refractivity contribution is 0.121. The molecule has 0 amide bonds. The maximum atomic E-state index is 12.9. The zero-order valence-corrected chi connectivity index (χ0v) is 11.9. The summed E-state index contributed by atoms with van der Waals surface area (Å²) >= 11 is 0. The van der Waals surface area contributed by atoms with Crippen molar-refractivity contribution < 1.29 is 9.50 Å². The number of aliphatic hydroxyl groups excluding tert-OH is 1. The average Bonchev–Trinajstić information content (AvgIpc) is 3.20. The van der Waals surface area contributed by atoms with Gasteiger partial charge in [-0.2, -0.15) is 0 Å². The molecule has 3 rings (SSSR count). The third kappa shape index (κ3) is 3.43. The van der Waals surface area contributed by atoms with Crippen molar-refractivity contribution >= 4 is 0 Å². The molecule has 0 bridgehead atoms. The third-order valence-corrected chi connectivity index (χ3v) is 3.60. The largest absolute Gasteiger partial charge is 0.387 e. The van der Waals surface area contributed by atoms with E-state index >= 15 is 0 Å². The first-order valence-electron chi connectivity index (χ1n) is 7.02. The Hall–Kier alpha value is -1.86. The van der Waals surface area contributed by atoms with Gasteiger partial charge in [0.2, 0.25) is 0 Å². The molecule has 2 aromatic rings. The minimum atomic E-state index is -0.666. The molecule has 0 spiro atoms. The second-order valence-corrected chi connectivity index (χ2v) is 5.53. The first-order valence-corrected chi connectivity index (χ1v) is 7.02. The van der Waals surface area contributed by atoms with E-state index in [9.17, 15) is 9.50 Å². The van der Waals surface area contributed by atoms with Gasteiger partial charge in [-0.25, -0.2) is 9.07 Å². The van der Waals surface area contributed by atoms with Gasteiger partial charge < -0.3 is 5.11 Å². The number of hydrogen-bond donors (Lipinski definition) is 1. The van der Waals surface area contributed by atoms with Crippen LogP contribution in [0.4, 0.5) is 4.39 Å². The molecule has 1 heterocycles. The van der Waals surface area contributed by atoms with E-state index in [2.05, 4.69) is 15.5 Å². The molecule has 0 radical (unpaired) electrons. The third-order valence-electron chi connectivity index (χ3n) is 3.60. The fraction of sp³-hybridized carbons (Fsp3) is 0.500. The number of benzene rings is 1. The Morgan fingerprint density at radius 2 is 2.10 bits per heavy atom. The lowest BCUT2D eigenvalue weighted by Crippen LogP contribution is -2.26. The lowest BCUT2D eigenvalue weighted by atomic mass is 10.1. The lowest BCUT2D eigenvalue weighted by Gasteiger charge is -2.20. The first-order chi connectivity index (χ1) is 10.1. The maximum Gasteiger partial charge on any atom is 0.165 e. The van der Waals surface area contributed by atoms with Gasteiger partial charge in [-0.1, -0.05) is 12.1 Å². The van der Waals surface area contributed by atoms with Gasteiger partial charge >= 0.3 is 0 Å². The molecule has 7 heteroatoms. The fourth-order valence-corrected chi connectivity index (χ4v) is 2.31. The molecule has 1 saturated carbocycles. The van der Waals surface area contributed by atoms with E-state index in [1.807, 2.05) is 16.6 Å². The average molecular weight is 291 g/mol. The van der Waals surface area contributed by atoms with E-state index in [1.54, 1.807) is 12.1 Å². The van der Waals surface area contributed by atoms with Crippen LogP contribution in [0.25, 0.3) is 0 Å². The van der Waals surface area contributed by atoms with Gasteiger partial charge in [-0.15, -0.1) is 5.10 Å². The van der Waals surface area contributed by atoms with E-state index in [4.69, 9.17) is 0 Å². The molecule has 21 heavy (non-hydrogen) atoms. The number of rotatable bonds is 6. The van der Waals surface area contributed by atoms with Crippen LogP contribution in [-0.2, 0) is 6.54 Å². The molecule has 1 aliphatic carbocycles. The van der Waals surface area contributed by atoms with Crippen LogP contribution in [0.15, 0.2) is 24.3 Å². The van der Waals surface area contributed by atoms with Gasteiger partial charge in [0.05, 0.1) is 18.7 Å². The van der Waals surface area contributed by atoms with Gasteiger partial charge in [-0.3, -0.25) is 4.90 Å². The minimum absolute atomic E-state index is 0.303. The number of tetrazole rings is 1. The second-order valence-electron chi connectivity index (χ2n) is 5.53. The molecule has 1 aliphatic rings. The summed E-state index contributed by atoms with van der Waals surface area (Å²) in [5, 5.41) is 21.9. The highest BCUT2D eigenvalue weighted by Gasteiger charge is 2.28. The Morgan fingerprint density at radius 1 is 1.38 bits per heavy atom. The first kappa shape index (κ1) is 14.1. The highest BCUT2D eigenvalue weighted by atomic mass is 19.1. The van der Waals surface area contributed by atoms with E-state index in [0.717, 1.165) is 18.7 Å². The van der Waals surface area contributed by atoms with Crippen LogP contribution in [0.5, 0.6) is 0 Å². The summed E-state index contributed by atoms with van der Waals surface area (Å²) in [7, 11) is 1.90. The highest BCUT2D eigenvalue weighted by molar-refractivity contribution is 5.18. The highest BCUT2D eigenvalue weighted by Crippen LogP contribution is 2.34. The van der Waals surface area contributed by atoms with Crippen LogP contribution in [0.1, 0.15) is 36.4 Å². The van der Waals surface area contributed by atoms with Crippen LogP contribution in [0.2, 0.25) is 0 Å². The molecule has 0 saturated heterocycles. The van der Waals surface area contributed by atoms with Crippen molar-refractivity contribution in [1.82, 2.24) is 25.1 Å². The number of aliphatic hydroxyl groups is 1. The molecule has 1 fully saturated rings. The van der Waals surface area contributed by atoms with Gasteiger partial charge in [-0.05, 0) is 48.0 Å². The SMILES string of the molecule is CN(Cc1nnnn1C1CC1)C[C@H](O)c1ccc(F)cc1. The Bertz CT molecular complexity index is 596. The molecule has 6 nitrogen and oxygen atoms in total. The summed E-state index contributed by atoms with van der Waals surface area (Å²) in [6, 6.07) is 6.34. The standard InChI is InChI=1S/C14H18FN5O/c1-19(8-13(21)10-2-4-11(15)5-3-10)9-14-16-17-18-20(14)12-6-7-12/h2-5,12-13,21H,6-9H2,1H3/t13-/m0/s1. The topological polar surface area (TPSA) is 67.1 Å². The second kappa shape index (κ2) is 5.87. The van der Waals surface area contributed by atoms with Crippen LogP contribution in [0.3, 0.4) is 0 Å². The number of likely N-dealkylation sites (N-methyl/N-ethyl adjacent to an activating group) is 1. The van der Waals surface area contributed by atoms with Crippen molar-refractivity contribution in [1.29, 1.82) is 0 Å². The number of aromatic nitrogens is 4. The molecule has 1 aromatic heterocycles. The van der Waals surface area contributed by atoms with Gasteiger partial charge in [0.15, 0.2) is 5.82 Å². The van der Waals surface area contributed by atoms with Crippen LogP contribution >= 0.6 is 0 Å².